The van der Waals surface area contributed by atoms with Crippen LogP contribution in [-0.2, 0) is 16.1 Å². The highest BCUT2D eigenvalue weighted by Crippen LogP contribution is 2.43. The maximum Gasteiger partial charge on any atom is 0.269 e. The molecule has 2 amide bonds. The van der Waals surface area contributed by atoms with Gasteiger partial charge in [0.15, 0.2) is 0 Å². The summed E-state index contributed by atoms with van der Waals surface area (Å²) in [7, 11) is 0. The second kappa shape index (κ2) is 13.1. The van der Waals surface area contributed by atoms with E-state index in [4.69, 9.17) is 4.99 Å². The molecule has 0 spiro atoms. The van der Waals surface area contributed by atoms with E-state index in [1.807, 2.05) is 48.5 Å². The zero-order chi connectivity index (χ0) is 33.4. The number of nitro benzene ring substituents is 2. The number of hydrogen-bond acceptors (Lipinski definition) is 10. The molecule has 2 saturated heterocycles. The van der Waals surface area contributed by atoms with Crippen molar-refractivity contribution < 1.29 is 19.4 Å². The molecule has 2 atom stereocenters. The number of thioether (sulfide) groups is 2. The summed E-state index contributed by atoms with van der Waals surface area (Å²) in [5, 5.41) is 21.6. The van der Waals surface area contributed by atoms with Crippen molar-refractivity contribution >= 4 is 63.9 Å². The number of benzene rings is 4. The van der Waals surface area contributed by atoms with E-state index in [-0.39, 0.29) is 33.9 Å². The molecular formula is C34H28N6O6S2. The molecule has 4 aromatic carbocycles. The lowest BCUT2D eigenvalue weighted by Gasteiger charge is -2.26. The van der Waals surface area contributed by atoms with Gasteiger partial charge in [-0.3, -0.25) is 44.6 Å². The van der Waals surface area contributed by atoms with Crippen LogP contribution in [0.4, 0.5) is 22.7 Å². The summed E-state index contributed by atoms with van der Waals surface area (Å²) < 4.78 is 0. The number of anilines is 2. The molecule has 12 nitrogen and oxygen atoms in total. The molecule has 48 heavy (non-hydrogen) atoms. The molecule has 3 aliphatic rings. The summed E-state index contributed by atoms with van der Waals surface area (Å²) in [5.74, 6) is 1.49. The lowest BCUT2D eigenvalue weighted by Crippen LogP contribution is -2.29. The van der Waals surface area contributed by atoms with Crippen molar-refractivity contribution in [3.8, 4) is 0 Å². The van der Waals surface area contributed by atoms with Crippen molar-refractivity contribution in [3.63, 3.8) is 0 Å². The van der Waals surface area contributed by atoms with Crippen molar-refractivity contribution in [3.05, 3.63) is 140 Å². The summed E-state index contributed by atoms with van der Waals surface area (Å²) in [6, 6.07) is 28.3. The smallest absolute Gasteiger partial charge is 0.269 e. The fourth-order valence-electron chi connectivity index (χ4n) is 6.08. The molecule has 4 aromatic rings. The molecule has 3 heterocycles. The molecule has 0 aliphatic carbocycles. The van der Waals surface area contributed by atoms with E-state index in [9.17, 15) is 29.8 Å². The third-order valence-electron chi connectivity index (χ3n) is 8.44. The predicted molar refractivity (Wildman–Crippen MR) is 186 cm³/mol. The molecule has 3 aliphatic heterocycles. The Morgan fingerprint density at radius 2 is 1.12 bits per heavy atom. The number of carbonyl (C=O) groups is 2. The molecule has 0 radical (unpaired) electrons. The van der Waals surface area contributed by atoms with Gasteiger partial charge in [-0.2, -0.15) is 0 Å². The normalized spacial score (nSPS) is 19.2. The molecule has 0 bridgehead atoms. The van der Waals surface area contributed by atoms with Gasteiger partial charge in [-0.25, -0.2) is 0 Å². The van der Waals surface area contributed by atoms with Crippen LogP contribution >= 0.6 is 23.5 Å². The molecule has 0 N–H and O–H groups in total. The first-order valence-corrected chi connectivity index (χ1v) is 17.2. The van der Waals surface area contributed by atoms with Crippen LogP contribution in [0.15, 0.2) is 102 Å². The number of non-ortho nitro benzene ring substituents is 2. The van der Waals surface area contributed by atoms with Crippen molar-refractivity contribution in [1.82, 2.24) is 4.90 Å². The SMILES string of the molecule is O=C1CSC(c2ccc([N+](=O)[O-])cc2)N1c1ccc(CN2CCN=C2c2ccc(N3C(=O)CSC3c3ccc([N+](=O)[O-])cc3)cc2)cc1. The zero-order valence-corrected chi connectivity index (χ0v) is 27.0. The Labute approximate surface area is 283 Å². The van der Waals surface area contributed by atoms with Gasteiger partial charge >= 0.3 is 0 Å². The number of nitro groups is 2. The van der Waals surface area contributed by atoms with Crippen LogP contribution in [0.2, 0.25) is 0 Å². The molecule has 14 heteroatoms. The Morgan fingerprint density at radius 3 is 1.58 bits per heavy atom. The van der Waals surface area contributed by atoms with E-state index in [0.717, 1.165) is 46.0 Å². The van der Waals surface area contributed by atoms with Gasteiger partial charge in [0.1, 0.15) is 16.6 Å². The second-order valence-electron chi connectivity index (χ2n) is 11.4. The van der Waals surface area contributed by atoms with Gasteiger partial charge in [0.25, 0.3) is 11.4 Å². The summed E-state index contributed by atoms with van der Waals surface area (Å²) in [6.45, 7) is 2.04. The largest absolute Gasteiger partial charge is 0.350 e. The average Bonchev–Trinajstić information content (AvgIpc) is 3.84. The van der Waals surface area contributed by atoms with Gasteiger partial charge in [-0.05, 0) is 77.4 Å². The minimum Gasteiger partial charge on any atom is -0.350 e. The van der Waals surface area contributed by atoms with Crippen LogP contribution in [0.1, 0.15) is 33.0 Å². The summed E-state index contributed by atoms with van der Waals surface area (Å²) >= 11 is 2.99. The van der Waals surface area contributed by atoms with Crippen LogP contribution in [-0.4, -0.2) is 57.0 Å². The Morgan fingerprint density at radius 1 is 0.667 bits per heavy atom. The Balaban J connectivity index is 1.03. The van der Waals surface area contributed by atoms with Crippen LogP contribution in [0, 0.1) is 20.2 Å². The molecule has 2 fully saturated rings. The summed E-state index contributed by atoms with van der Waals surface area (Å²) in [6.07, 6.45) is 0. The molecule has 2 unspecified atom stereocenters. The highest BCUT2D eigenvalue weighted by molar-refractivity contribution is 8.01. The third-order valence-corrected chi connectivity index (χ3v) is 10.9. The number of rotatable bonds is 9. The standard InChI is InChI=1S/C34H28N6O6S2/c41-30-20-47-33(24-5-13-28(14-6-24)39(43)44)37(30)26-9-1-22(2-10-26)19-36-18-17-35-32(36)23-3-11-27(12-4-23)38-31(42)21-48-34(38)25-7-15-29(16-8-25)40(45)46/h1-16,33-34H,17-21H2. The third kappa shape index (κ3) is 6.11. The van der Waals surface area contributed by atoms with Gasteiger partial charge < -0.3 is 4.90 Å². The number of nitrogens with zero attached hydrogens (tertiary/aromatic N) is 6. The van der Waals surface area contributed by atoms with E-state index in [1.54, 1.807) is 34.1 Å². The molecule has 242 valence electrons. The lowest BCUT2D eigenvalue weighted by atomic mass is 10.1. The maximum absolute atomic E-state index is 12.9. The van der Waals surface area contributed by atoms with Crippen molar-refractivity contribution in [2.75, 3.05) is 34.4 Å². The average molecular weight is 681 g/mol. The monoisotopic (exact) mass is 680 g/mol. The first kappa shape index (κ1) is 31.4. The molecular weight excluding hydrogens is 653 g/mol. The fraction of sp³-hybridized carbons (Fsp3) is 0.206. The summed E-state index contributed by atoms with van der Waals surface area (Å²) in [5.41, 5.74) is 5.19. The van der Waals surface area contributed by atoms with E-state index in [0.29, 0.717) is 24.6 Å². The number of aliphatic imine (C=N–C) groups is 1. The molecule has 0 saturated carbocycles. The van der Waals surface area contributed by atoms with Crippen molar-refractivity contribution in [1.29, 1.82) is 0 Å². The quantitative estimate of drug-likeness (QED) is 0.147. The van der Waals surface area contributed by atoms with Crippen molar-refractivity contribution in [2.24, 2.45) is 4.99 Å². The predicted octanol–water partition coefficient (Wildman–Crippen LogP) is 6.32. The minimum absolute atomic E-state index is 0.0101. The van der Waals surface area contributed by atoms with Crippen LogP contribution in [0.3, 0.4) is 0 Å². The van der Waals surface area contributed by atoms with Gasteiger partial charge in [-0.1, -0.05) is 12.1 Å². The maximum atomic E-state index is 12.9. The number of amides is 2. The topological polar surface area (TPSA) is 142 Å². The van der Waals surface area contributed by atoms with E-state index in [2.05, 4.69) is 4.90 Å². The van der Waals surface area contributed by atoms with Crippen LogP contribution in [0.5, 0.6) is 0 Å². The fourth-order valence-corrected chi connectivity index (χ4v) is 8.44. The Kier molecular flexibility index (Phi) is 8.58. The Bertz CT molecular complexity index is 1920. The van der Waals surface area contributed by atoms with Crippen LogP contribution < -0.4 is 9.80 Å². The van der Waals surface area contributed by atoms with Gasteiger partial charge in [-0.15, -0.1) is 23.5 Å². The highest BCUT2D eigenvalue weighted by atomic mass is 32.2. The van der Waals surface area contributed by atoms with Gasteiger partial charge in [0.05, 0.1) is 27.9 Å². The van der Waals surface area contributed by atoms with Gasteiger partial charge in [0, 0.05) is 54.3 Å². The van der Waals surface area contributed by atoms with E-state index in [1.165, 1.54) is 47.8 Å². The lowest BCUT2D eigenvalue weighted by molar-refractivity contribution is -0.385. The van der Waals surface area contributed by atoms with Crippen LogP contribution in [0.25, 0.3) is 0 Å². The molecule has 0 aromatic heterocycles. The summed E-state index contributed by atoms with van der Waals surface area (Å²) in [4.78, 5) is 57.5. The Hall–Kier alpha value is -5.21. The number of carbonyl (C=O) groups excluding carboxylic acids is 2. The second-order valence-corrected chi connectivity index (χ2v) is 13.5. The van der Waals surface area contributed by atoms with Gasteiger partial charge in [0.2, 0.25) is 11.8 Å². The van der Waals surface area contributed by atoms with E-state index >= 15 is 0 Å². The first-order valence-electron chi connectivity index (χ1n) is 15.1. The minimum atomic E-state index is -0.436. The number of hydrogen-bond donors (Lipinski definition) is 0. The van der Waals surface area contributed by atoms with Crippen molar-refractivity contribution in [2.45, 2.75) is 17.3 Å². The molecule has 7 rings (SSSR count). The first-order chi connectivity index (χ1) is 23.3. The zero-order valence-electron chi connectivity index (χ0n) is 25.4. The highest BCUT2D eigenvalue weighted by Gasteiger charge is 2.35. The number of amidine groups is 1. The van der Waals surface area contributed by atoms with E-state index < -0.39 is 9.85 Å².